The van der Waals surface area contributed by atoms with Gasteiger partial charge in [-0.1, -0.05) is 41.4 Å². The Labute approximate surface area is 390 Å². The number of halogens is 11. The van der Waals surface area contributed by atoms with Crippen molar-refractivity contribution in [2.75, 3.05) is 32.7 Å². The number of aliphatic carboxylic acids is 3. The summed E-state index contributed by atoms with van der Waals surface area (Å²) in [6.07, 6.45) is -14.3. The number of nitrogens with one attached hydrogen (secondary N) is 1. The van der Waals surface area contributed by atoms with Crippen LogP contribution in [0.1, 0.15) is 37.9 Å². The molecule has 2 amide bonds. The second kappa shape index (κ2) is 24.9. The molecular formula is C37H43Cl2F9N8O11S. The van der Waals surface area contributed by atoms with Crippen molar-refractivity contribution >= 4 is 79.8 Å². The summed E-state index contributed by atoms with van der Waals surface area (Å²) in [6.45, 7) is 6.00. The number of pyridine rings is 1. The fourth-order valence-corrected chi connectivity index (χ4v) is 7.50. The predicted molar refractivity (Wildman–Crippen MR) is 224 cm³/mol. The van der Waals surface area contributed by atoms with Gasteiger partial charge in [0.05, 0.1) is 11.1 Å². The fourth-order valence-electron chi connectivity index (χ4n) is 5.24. The molecule has 1 aliphatic rings. The van der Waals surface area contributed by atoms with Crippen molar-refractivity contribution in [2.45, 2.75) is 75.2 Å². The number of nitrogens with two attached hydrogens (primary N) is 3. The molecule has 2 heterocycles. The molecule has 1 aromatic heterocycles. The number of carboxylic acids is 3. The van der Waals surface area contributed by atoms with Crippen molar-refractivity contribution in [3.63, 3.8) is 0 Å². The van der Waals surface area contributed by atoms with Gasteiger partial charge in [-0.05, 0) is 57.9 Å². The number of aliphatic imine (C=N–C) groups is 1. The lowest BCUT2D eigenvalue weighted by atomic mass is 10.0. The van der Waals surface area contributed by atoms with E-state index in [0.29, 0.717) is 30.7 Å². The van der Waals surface area contributed by atoms with Crippen LogP contribution < -0.4 is 26.7 Å². The Kier molecular flexibility index (Phi) is 22.0. The molecule has 31 heteroatoms. The smallest absolute Gasteiger partial charge is 0.487 e. The highest BCUT2D eigenvalue weighted by molar-refractivity contribution is 7.89. The first-order valence-electron chi connectivity index (χ1n) is 18.7. The Morgan fingerprint density at radius 2 is 1.31 bits per heavy atom. The van der Waals surface area contributed by atoms with Crippen LogP contribution in [0.4, 0.5) is 39.5 Å². The number of benzene rings is 2. The minimum Gasteiger partial charge on any atom is -0.487 e. The van der Waals surface area contributed by atoms with Gasteiger partial charge in [0.25, 0.3) is 0 Å². The van der Waals surface area contributed by atoms with Gasteiger partial charge in [-0.25, -0.2) is 27.8 Å². The minimum atomic E-state index is -5.08. The maximum Gasteiger partial charge on any atom is 0.490 e. The third-order valence-electron chi connectivity index (χ3n) is 8.45. The monoisotopic (exact) mass is 1050 g/mol. The Morgan fingerprint density at radius 1 is 0.824 bits per heavy atom. The zero-order chi connectivity index (χ0) is 52.7. The maximum atomic E-state index is 13.6. The molecular weight excluding hydrogens is 1010 g/mol. The van der Waals surface area contributed by atoms with Crippen molar-refractivity contribution in [1.82, 2.24) is 19.5 Å². The van der Waals surface area contributed by atoms with Gasteiger partial charge in [0.1, 0.15) is 28.3 Å². The third-order valence-corrected chi connectivity index (χ3v) is 11.0. The van der Waals surface area contributed by atoms with Gasteiger partial charge < -0.3 is 47.1 Å². The normalized spacial score (nSPS) is 13.6. The van der Waals surface area contributed by atoms with Gasteiger partial charge >= 0.3 is 36.4 Å². The largest absolute Gasteiger partial charge is 0.490 e. The summed E-state index contributed by atoms with van der Waals surface area (Å²) >= 11 is 13.1. The van der Waals surface area contributed by atoms with Crippen molar-refractivity contribution in [2.24, 2.45) is 22.2 Å². The van der Waals surface area contributed by atoms with Crippen LogP contribution in [0.3, 0.4) is 0 Å². The average Bonchev–Trinajstić information content (AvgIpc) is 3.20. The summed E-state index contributed by atoms with van der Waals surface area (Å²) in [6, 6.07) is 11.3. The number of guanidine groups is 1. The minimum absolute atomic E-state index is 0.0210. The summed E-state index contributed by atoms with van der Waals surface area (Å²) in [5.74, 6) is -8.49. The van der Waals surface area contributed by atoms with E-state index in [1.54, 1.807) is 11.0 Å². The molecule has 0 unspecified atom stereocenters. The number of alkyl halides is 9. The van der Waals surface area contributed by atoms with Crippen LogP contribution in [0.2, 0.25) is 10.0 Å². The van der Waals surface area contributed by atoms with Crippen molar-refractivity contribution in [1.29, 1.82) is 0 Å². The number of aromatic nitrogens is 1. The number of carboxylic acid groups (broad SMARTS) is 3. The van der Waals surface area contributed by atoms with Gasteiger partial charge in [-0.3, -0.25) is 14.6 Å². The maximum absolute atomic E-state index is 13.6. The molecule has 3 aromatic rings. The number of carbonyl (C=O) groups is 5. The fraction of sp³-hybridized carbons (Fsp3) is 0.432. The van der Waals surface area contributed by atoms with E-state index < -0.39 is 63.9 Å². The number of para-hydroxylation sites is 1. The molecule has 0 radical (unpaired) electrons. The number of hydrogen-bond acceptors (Lipinski definition) is 11. The summed E-state index contributed by atoms with van der Waals surface area (Å²) in [5, 5.41) is 22.3. The number of fused-ring (bicyclic) bond motifs is 1. The number of amides is 2. The van der Waals surface area contributed by atoms with Gasteiger partial charge in [0.2, 0.25) is 21.8 Å². The lowest BCUT2D eigenvalue weighted by Gasteiger charge is -2.39. The lowest BCUT2D eigenvalue weighted by molar-refractivity contribution is -0.193. The zero-order valence-electron chi connectivity index (χ0n) is 35.5. The van der Waals surface area contributed by atoms with E-state index >= 15 is 0 Å². The second-order valence-corrected chi connectivity index (χ2v) is 16.7. The predicted octanol–water partition coefficient (Wildman–Crippen LogP) is 4.44. The van der Waals surface area contributed by atoms with E-state index in [1.807, 2.05) is 31.2 Å². The average molecular weight is 1050 g/mol. The molecule has 0 spiro atoms. The molecule has 1 atom stereocenters. The van der Waals surface area contributed by atoms with E-state index in [1.165, 1.54) is 30.9 Å². The van der Waals surface area contributed by atoms with Gasteiger partial charge in [-0.2, -0.15) is 44.2 Å². The molecule has 0 bridgehead atoms. The SMILES string of the molecule is Cc1ccc2cccc(OCc3c(Cl)ccc(S(=O)(=O)NC(C)(C)C(=O)N4CCN(C(=O)[C@@H](N)CCCN=C(N)N)CC4)c3Cl)c2n1.O=C(O)C(F)(F)F.O=C(O)C(F)(F)F.O=C(O)C(F)(F)F. The molecule has 4 rings (SSSR count). The van der Waals surface area contributed by atoms with Crippen LogP contribution in [-0.4, -0.2) is 137 Å². The van der Waals surface area contributed by atoms with Crippen LogP contribution >= 0.6 is 23.2 Å². The highest BCUT2D eigenvalue weighted by Crippen LogP contribution is 2.34. The molecule has 2 aromatic carbocycles. The standard InChI is InChI=1S/C31H40Cl2N8O5S.3C2HF3O2/c1-19-9-10-20-6-4-8-24(27(20)38-19)46-18-21-22(32)11-12-25(26(21)33)47(44,45)39-31(2,3)29(43)41-16-14-40(15-17-41)28(42)23(34)7-5-13-37-30(35)36;3*3-2(4,5)1(6)7/h4,6,8-12,23,39H,5,7,13-18,34H2,1-3H3,(H4,35,36,37);3*(H,6,7)/t23-;;;/m0.../s1. The molecule has 0 aliphatic carbocycles. The highest BCUT2D eigenvalue weighted by Gasteiger charge is 2.41. The lowest BCUT2D eigenvalue weighted by Crippen LogP contribution is -2.61. The molecule has 1 aliphatic heterocycles. The topological polar surface area (TPSA) is 311 Å². The van der Waals surface area contributed by atoms with Gasteiger partial charge in [0.15, 0.2) is 5.96 Å². The van der Waals surface area contributed by atoms with Crippen molar-refractivity contribution in [3.8, 4) is 5.75 Å². The summed E-state index contributed by atoms with van der Waals surface area (Å²) < 4.78 is 131. The molecule has 68 heavy (non-hydrogen) atoms. The van der Waals surface area contributed by atoms with E-state index in [2.05, 4.69) is 14.7 Å². The van der Waals surface area contributed by atoms with Crippen LogP contribution in [0.25, 0.3) is 10.9 Å². The molecule has 1 fully saturated rings. The summed E-state index contributed by atoms with van der Waals surface area (Å²) in [5.41, 5.74) is 16.9. The van der Waals surface area contributed by atoms with E-state index in [0.717, 1.165) is 11.1 Å². The Bertz CT molecular complexity index is 2360. The number of nitrogens with zero attached hydrogens (tertiary/aromatic N) is 4. The molecule has 19 nitrogen and oxygen atoms in total. The molecule has 10 N–H and O–H groups in total. The number of ether oxygens (including phenoxy) is 1. The van der Waals surface area contributed by atoms with E-state index in [9.17, 15) is 57.5 Å². The van der Waals surface area contributed by atoms with E-state index in [4.69, 9.17) is 74.8 Å². The van der Waals surface area contributed by atoms with Gasteiger partial charge in [0, 0.05) is 54.4 Å². The molecule has 0 saturated carbocycles. The quantitative estimate of drug-likeness (QED) is 0.0571. The van der Waals surface area contributed by atoms with Crippen LogP contribution in [0.15, 0.2) is 52.4 Å². The Morgan fingerprint density at radius 3 is 1.78 bits per heavy atom. The number of hydrogen-bond donors (Lipinski definition) is 7. The first kappa shape index (κ1) is 60.1. The first-order valence-corrected chi connectivity index (χ1v) is 21.0. The third kappa shape index (κ3) is 19.4. The summed E-state index contributed by atoms with van der Waals surface area (Å²) in [4.78, 5) is 64.3. The Balaban J connectivity index is 0.000000910. The first-order chi connectivity index (χ1) is 30.9. The number of rotatable bonds is 12. The molecule has 1 saturated heterocycles. The number of carbonyl (C=O) groups excluding carboxylic acids is 2. The van der Waals surface area contributed by atoms with Crippen molar-refractivity contribution < 1.29 is 92.0 Å². The van der Waals surface area contributed by atoms with E-state index in [-0.39, 0.29) is 65.2 Å². The Hall–Kier alpha value is -5.91. The molecule has 380 valence electrons. The van der Waals surface area contributed by atoms with Crippen LogP contribution in [0, 0.1) is 6.92 Å². The number of aryl methyl sites for hydroxylation is 1. The second-order valence-electron chi connectivity index (χ2n) is 14.2. The van der Waals surface area contributed by atoms with Crippen LogP contribution in [0.5, 0.6) is 5.75 Å². The number of sulfonamides is 1. The highest BCUT2D eigenvalue weighted by atomic mass is 35.5. The number of piperazine rings is 1. The van der Waals surface area contributed by atoms with Crippen LogP contribution in [-0.2, 0) is 40.6 Å². The van der Waals surface area contributed by atoms with Crippen molar-refractivity contribution in [3.05, 3.63) is 63.8 Å². The van der Waals surface area contributed by atoms with Gasteiger partial charge in [-0.15, -0.1) is 0 Å². The zero-order valence-corrected chi connectivity index (χ0v) is 37.8. The summed E-state index contributed by atoms with van der Waals surface area (Å²) in [7, 11) is -4.31.